The number of hydrogen-bond donors (Lipinski definition) is 1. The highest BCUT2D eigenvalue weighted by atomic mass is 16.6. The van der Waals surface area contributed by atoms with Crippen LogP contribution in [0.4, 0.5) is 0 Å². The van der Waals surface area contributed by atoms with E-state index in [4.69, 9.17) is 19.3 Å². The lowest BCUT2D eigenvalue weighted by molar-refractivity contribution is -0.174. The van der Waals surface area contributed by atoms with Crippen LogP contribution in [0.25, 0.3) is 0 Å². The van der Waals surface area contributed by atoms with Crippen LogP contribution in [-0.2, 0) is 19.0 Å². The van der Waals surface area contributed by atoms with Gasteiger partial charge in [-0.3, -0.25) is 0 Å². The fourth-order valence-electron chi connectivity index (χ4n) is 1.28. The van der Waals surface area contributed by atoms with Crippen molar-refractivity contribution in [1.29, 1.82) is 0 Å². The lowest BCUT2D eigenvalue weighted by Crippen LogP contribution is -2.46. The zero-order chi connectivity index (χ0) is 11.1. The maximum Gasteiger partial charge on any atom is 0.332 e. The van der Waals surface area contributed by atoms with Crippen molar-refractivity contribution >= 4 is 5.97 Å². The van der Waals surface area contributed by atoms with Crippen molar-refractivity contribution in [3.8, 4) is 0 Å². The first kappa shape index (κ1) is 12.4. The van der Waals surface area contributed by atoms with E-state index in [-0.39, 0.29) is 31.2 Å². The van der Waals surface area contributed by atoms with E-state index >= 15 is 0 Å². The summed E-state index contributed by atoms with van der Waals surface area (Å²) in [5, 5.41) is 8.43. The third-order valence-electron chi connectivity index (χ3n) is 2.56. The molecule has 1 saturated heterocycles. The molecule has 0 unspecified atom stereocenters. The Morgan fingerprint density at radius 2 is 2.27 bits per heavy atom. The molecule has 1 heterocycles. The minimum absolute atomic E-state index is 0.0205. The van der Waals surface area contributed by atoms with E-state index in [9.17, 15) is 4.79 Å². The van der Waals surface area contributed by atoms with Crippen LogP contribution in [-0.4, -0.2) is 50.7 Å². The SMILES string of the molecule is CCC1(COC(=O)COCCO)COC1. The number of carbonyl (C=O) groups excluding carboxylic acids is 1. The molecular weight excluding hydrogens is 200 g/mol. The molecule has 1 aliphatic rings. The van der Waals surface area contributed by atoms with Crippen LogP contribution in [0.1, 0.15) is 13.3 Å². The van der Waals surface area contributed by atoms with Crippen molar-refractivity contribution in [3.05, 3.63) is 0 Å². The Bertz CT molecular complexity index is 194. The Morgan fingerprint density at radius 1 is 1.53 bits per heavy atom. The van der Waals surface area contributed by atoms with E-state index in [0.29, 0.717) is 19.8 Å². The maximum absolute atomic E-state index is 11.2. The van der Waals surface area contributed by atoms with Crippen molar-refractivity contribution < 1.29 is 24.1 Å². The standard InChI is InChI=1S/C10H18O5/c1-2-10(6-14-7-10)8-15-9(12)5-13-4-3-11/h11H,2-8H2,1H3. The van der Waals surface area contributed by atoms with E-state index < -0.39 is 0 Å². The molecular formula is C10H18O5. The minimum atomic E-state index is -0.386. The number of aliphatic hydroxyl groups excluding tert-OH is 1. The molecule has 88 valence electrons. The summed E-state index contributed by atoms with van der Waals surface area (Å²) < 4.78 is 15.0. The molecule has 5 nitrogen and oxygen atoms in total. The minimum Gasteiger partial charge on any atom is -0.463 e. The zero-order valence-corrected chi connectivity index (χ0v) is 9.03. The summed E-state index contributed by atoms with van der Waals surface area (Å²) in [4.78, 5) is 11.2. The molecule has 1 rings (SSSR count). The highest BCUT2D eigenvalue weighted by Gasteiger charge is 2.38. The van der Waals surface area contributed by atoms with Gasteiger partial charge < -0.3 is 19.3 Å². The second kappa shape index (κ2) is 6.05. The molecule has 0 bridgehead atoms. The normalized spacial score (nSPS) is 18.3. The van der Waals surface area contributed by atoms with Crippen LogP contribution in [0.2, 0.25) is 0 Å². The van der Waals surface area contributed by atoms with Gasteiger partial charge in [-0.15, -0.1) is 0 Å². The number of aliphatic hydroxyl groups is 1. The van der Waals surface area contributed by atoms with Crippen LogP contribution in [0, 0.1) is 5.41 Å². The predicted molar refractivity (Wildman–Crippen MR) is 52.4 cm³/mol. The van der Waals surface area contributed by atoms with Crippen molar-refractivity contribution in [2.45, 2.75) is 13.3 Å². The Hall–Kier alpha value is -0.650. The summed E-state index contributed by atoms with van der Waals surface area (Å²) >= 11 is 0. The fourth-order valence-corrected chi connectivity index (χ4v) is 1.28. The number of hydrogen-bond acceptors (Lipinski definition) is 5. The van der Waals surface area contributed by atoms with E-state index in [1.165, 1.54) is 0 Å². The molecule has 0 radical (unpaired) electrons. The average Bonchev–Trinajstić information content (AvgIpc) is 2.17. The Balaban J connectivity index is 2.10. The molecule has 15 heavy (non-hydrogen) atoms. The molecule has 1 N–H and O–H groups in total. The van der Waals surface area contributed by atoms with Crippen molar-refractivity contribution in [1.82, 2.24) is 0 Å². The van der Waals surface area contributed by atoms with Gasteiger partial charge in [-0.2, -0.15) is 0 Å². The highest BCUT2D eigenvalue weighted by Crippen LogP contribution is 2.31. The zero-order valence-electron chi connectivity index (χ0n) is 9.03. The van der Waals surface area contributed by atoms with Crippen LogP contribution in [0.5, 0.6) is 0 Å². The molecule has 0 amide bonds. The third kappa shape index (κ3) is 3.77. The molecule has 5 heteroatoms. The van der Waals surface area contributed by atoms with Gasteiger partial charge in [-0.25, -0.2) is 4.79 Å². The van der Waals surface area contributed by atoms with Gasteiger partial charge in [0.15, 0.2) is 0 Å². The van der Waals surface area contributed by atoms with Crippen molar-refractivity contribution in [2.24, 2.45) is 5.41 Å². The van der Waals surface area contributed by atoms with Gasteiger partial charge in [0.05, 0.1) is 31.8 Å². The van der Waals surface area contributed by atoms with E-state index in [0.717, 1.165) is 6.42 Å². The van der Waals surface area contributed by atoms with Crippen LogP contribution >= 0.6 is 0 Å². The lowest BCUT2D eigenvalue weighted by atomic mass is 9.84. The Kier molecular flexibility index (Phi) is 5.01. The number of ether oxygens (including phenoxy) is 3. The van der Waals surface area contributed by atoms with E-state index in [1.807, 2.05) is 0 Å². The molecule has 0 atom stereocenters. The van der Waals surface area contributed by atoms with Crippen LogP contribution in [0.15, 0.2) is 0 Å². The van der Waals surface area contributed by atoms with Gasteiger partial charge in [0.25, 0.3) is 0 Å². The molecule has 0 saturated carbocycles. The van der Waals surface area contributed by atoms with Gasteiger partial charge in [0.1, 0.15) is 13.2 Å². The first-order valence-corrected chi connectivity index (χ1v) is 5.14. The molecule has 0 aromatic rings. The van der Waals surface area contributed by atoms with Gasteiger partial charge in [0.2, 0.25) is 0 Å². The van der Waals surface area contributed by atoms with Gasteiger partial charge in [-0.1, -0.05) is 6.92 Å². The molecule has 1 fully saturated rings. The molecule has 0 spiro atoms. The third-order valence-corrected chi connectivity index (χ3v) is 2.56. The average molecular weight is 218 g/mol. The van der Waals surface area contributed by atoms with E-state index in [2.05, 4.69) is 6.92 Å². The lowest BCUT2D eigenvalue weighted by Gasteiger charge is -2.39. The maximum atomic E-state index is 11.2. The Labute approximate surface area is 89.3 Å². The predicted octanol–water partition coefficient (Wildman–Crippen LogP) is -0.0349. The topological polar surface area (TPSA) is 65.0 Å². The molecule has 0 aromatic heterocycles. The quantitative estimate of drug-likeness (QED) is 0.480. The van der Waals surface area contributed by atoms with Gasteiger partial charge in [0, 0.05) is 0 Å². The number of rotatable bonds is 7. The van der Waals surface area contributed by atoms with Crippen LogP contribution < -0.4 is 0 Å². The summed E-state index contributed by atoms with van der Waals surface area (Å²) in [7, 11) is 0. The summed E-state index contributed by atoms with van der Waals surface area (Å²) in [5.41, 5.74) is 0.0205. The largest absolute Gasteiger partial charge is 0.463 e. The summed E-state index contributed by atoms with van der Waals surface area (Å²) in [6.45, 7) is 3.75. The summed E-state index contributed by atoms with van der Waals surface area (Å²) in [5.74, 6) is -0.386. The summed E-state index contributed by atoms with van der Waals surface area (Å²) in [6.07, 6.45) is 0.942. The highest BCUT2D eigenvalue weighted by molar-refractivity contribution is 5.70. The second-order valence-corrected chi connectivity index (χ2v) is 3.78. The van der Waals surface area contributed by atoms with Crippen molar-refractivity contribution in [2.75, 3.05) is 39.6 Å². The number of esters is 1. The monoisotopic (exact) mass is 218 g/mol. The first-order valence-electron chi connectivity index (χ1n) is 5.14. The second-order valence-electron chi connectivity index (χ2n) is 3.78. The number of carbonyl (C=O) groups is 1. The smallest absolute Gasteiger partial charge is 0.332 e. The van der Waals surface area contributed by atoms with Gasteiger partial charge in [-0.05, 0) is 6.42 Å². The molecule has 1 aliphatic heterocycles. The first-order chi connectivity index (χ1) is 7.22. The van der Waals surface area contributed by atoms with E-state index in [1.54, 1.807) is 0 Å². The van der Waals surface area contributed by atoms with Crippen LogP contribution in [0.3, 0.4) is 0 Å². The van der Waals surface area contributed by atoms with Crippen molar-refractivity contribution in [3.63, 3.8) is 0 Å². The fraction of sp³-hybridized carbons (Fsp3) is 0.900. The molecule has 0 aliphatic carbocycles. The van der Waals surface area contributed by atoms with Gasteiger partial charge >= 0.3 is 5.97 Å². The Morgan fingerprint density at radius 3 is 2.73 bits per heavy atom. The molecule has 0 aromatic carbocycles. The summed E-state index contributed by atoms with van der Waals surface area (Å²) in [6, 6.07) is 0.